The van der Waals surface area contributed by atoms with Gasteiger partial charge < -0.3 is 5.32 Å². The highest BCUT2D eigenvalue weighted by Crippen LogP contribution is 2.40. The first kappa shape index (κ1) is 17.6. The molecule has 7 heteroatoms. The zero-order valence-corrected chi connectivity index (χ0v) is 15.1. The van der Waals surface area contributed by atoms with Crippen molar-refractivity contribution in [3.05, 3.63) is 27.2 Å². The zero-order chi connectivity index (χ0) is 16.9. The molecule has 3 N–H and O–H groups in total. The molecule has 0 aromatic carbocycles. The molecule has 0 unspecified atom stereocenters. The van der Waals surface area contributed by atoms with Crippen molar-refractivity contribution in [3.8, 4) is 0 Å². The van der Waals surface area contributed by atoms with E-state index in [1.807, 2.05) is 6.20 Å². The first-order chi connectivity index (χ1) is 11.7. The molecule has 0 saturated carbocycles. The van der Waals surface area contributed by atoms with E-state index in [2.05, 4.69) is 10.3 Å². The fraction of sp³-hybridized carbons (Fsp3) is 0.529. The van der Waals surface area contributed by atoms with Crippen LogP contribution < -0.4 is 10.8 Å². The summed E-state index contributed by atoms with van der Waals surface area (Å²) in [4.78, 5) is 18.0. The smallest absolute Gasteiger partial charge is 0.243 e. The summed E-state index contributed by atoms with van der Waals surface area (Å²) in [6, 6.07) is 0. The quantitative estimate of drug-likeness (QED) is 0.378. The molecule has 24 heavy (non-hydrogen) atoms. The van der Waals surface area contributed by atoms with Crippen LogP contribution in [0.1, 0.15) is 48.1 Å². The molecule has 0 radical (unpaired) electrons. The maximum Gasteiger partial charge on any atom is 0.243 e. The molecule has 3 rings (SSSR count). The van der Waals surface area contributed by atoms with Gasteiger partial charge in [0.25, 0.3) is 0 Å². The number of hydrogen-bond acceptors (Lipinski definition) is 5. The van der Waals surface area contributed by atoms with Gasteiger partial charge in [-0.05, 0) is 44.2 Å². The largest absolute Gasteiger partial charge is 0.313 e. The average Bonchev–Trinajstić information content (AvgIpc) is 3.16. The van der Waals surface area contributed by atoms with Gasteiger partial charge in [0.1, 0.15) is 4.83 Å². The van der Waals surface area contributed by atoms with Gasteiger partial charge in [0.05, 0.1) is 5.02 Å². The molecule has 0 spiro atoms. The Bertz CT molecular complexity index is 732. The third kappa shape index (κ3) is 3.88. The number of carbonyl (C=O) groups excluding carboxylic acids is 1. The Kier molecular flexibility index (Phi) is 6.05. The summed E-state index contributed by atoms with van der Waals surface area (Å²) in [6.45, 7) is 1.58. The van der Waals surface area contributed by atoms with Crippen molar-refractivity contribution in [2.45, 2.75) is 51.5 Å². The third-order valence-corrected chi connectivity index (χ3v) is 6.07. The minimum absolute atomic E-state index is 0.322. The summed E-state index contributed by atoms with van der Waals surface area (Å²) in [5.74, 6) is -0.322. The molecule has 1 aliphatic rings. The van der Waals surface area contributed by atoms with Crippen molar-refractivity contribution in [3.63, 3.8) is 0 Å². The number of amides is 1. The molecule has 130 valence electrons. The van der Waals surface area contributed by atoms with Gasteiger partial charge in [0.15, 0.2) is 0 Å². The maximum absolute atomic E-state index is 10.9. The number of fused-ring (bicyclic) bond motifs is 3. The number of hydroxylamine groups is 1. The molecule has 0 bridgehead atoms. The van der Waals surface area contributed by atoms with Crippen molar-refractivity contribution in [2.24, 2.45) is 0 Å². The lowest BCUT2D eigenvalue weighted by Crippen LogP contribution is -2.18. The summed E-state index contributed by atoms with van der Waals surface area (Å²) in [5.41, 5.74) is 4.12. The van der Waals surface area contributed by atoms with Crippen molar-refractivity contribution in [2.75, 3.05) is 6.54 Å². The van der Waals surface area contributed by atoms with Crippen LogP contribution in [-0.2, 0) is 24.2 Å². The Morgan fingerprint density at radius 2 is 2.21 bits per heavy atom. The lowest BCUT2D eigenvalue weighted by atomic mass is 10.1. The first-order valence-electron chi connectivity index (χ1n) is 8.42. The predicted molar refractivity (Wildman–Crippen MR) is 96.8 cm³/mol. The molecule has 1 amide bonds. The van der Waals surface area contributed by atoms with E-state index >= 15 is 0 Å². The highest BCUT2D eigenvalue weighted by atomic mass is 35.5. The molecular weight excluding hydrogens is 346 g/mol. The second kappa shape index (κ2) is 8.25. The Labute approximate surface area is 150 Å². The van der Waals surface area contributed by atoms with Crippen LogP contribution in [0.25, 0.3) is 10.2 Å². The molecular formula is C17H22ClN3O2S. The number of aromatic nitrogens is 1. The summed E-state index contributed by atoms with van der Waals surface area (Å²) in [7, 11) is 0. The van der Waals surface area contributed by atoms with Gasteiger partial charge in [0.2, 0.25) is 5.91 Å². The monoisotopic (exact) mass is 367 g/mol. The van der Waals surface area contributed by atoms with E-state index in [1.165, 1.54) is 22.2 Å². The number of unbranched alkanes of at least 4 members (excludes halogenated alkanes) is 2. The van der Waals surface area contributed by atoms with Gasteiger partial charge in [-0.25, -0.2) is 10.5 Å². The normalized spacial score (nSPS) is 13.4. The summed E-state index contributed by atoms with van der Waals surface area (Å²) < 4.78 is 0. The highest BCUT2D eigenvalue weighted by Gasteiger charge is 2.21. The van der Waals surface area contributed by atoms with E-state index in [-0.39, 0.29) is 5.91 Å². The first-order valence-corrected chi connectivity index (χ1v) is 9.61. The lowest BCUT2D eigenvalue weighted by molar-refractivity contribution is -0.129. The standard InChI is InChI=1S/C17H22ClN3O2S/c18-16-11(9-19-8-3-1-2-7-14(22)21-23)10-20-17-15(16)12-5-4-6-13(12)24-17/h10,19,23H,1-9H2,(H,21,22). The van der Waals surface area contributed by atoms with Crippen molar-refractivity contribution < 1.29 is 10.0 Å². The van der Waals surface area contributed by atoms with Gasteiger partial charge in [0, 0.05) is 35.0 Å². The molecule has 0 aliphatic heterocycles. The summed E-state index contributed by atoms with van der Waals surface area (Å²) >= 11 is 8.42. The molecule has 0 saturated heterocycles. The number of aryl methyl sites for hydroxylation is 2. The van der Waals surface area contributed by atoms with Crippen LogP contribution in [0.4, 0.5) is 0 Å². The minimum atomic E-state index is -0.322. The number of pyridine rings is 1. The van der Waals surface area contributed by atoms with Crippen LogP contribution in [0.2, 0.25) is 5.02 Å². The molecule has 2 aromatic rings. The molecule has 0 fully saturated rings. The zero-order valence-electron chi connectivity index (χ0n) is 13.5. The molecule has 5 nitrogen and oxygen atoms in total. The SMILES string of the molecule is O=C(CCCCCNCc1cnc2sc3c(c2c1Cl)CCC3)NO. The highest BCUT2D eigenvalue weighted by molar-refractivity contribution is 7.19. The van der Waals surface area contributed by atoms with Crippen LogP contribution in [0, 0.1) is 0 Å². The number of halogens is 1. The van der Waals surface area contributed by atoms with E-state index in [4.69, 9.17) is 16.8 Å². The van der Waals surface area contributed by atoms with Crippen LogP contribution in [-0.4, -0.2) is 22.6 Å². The average molecular weight is 368 g/mol. The molecule has 0 atom stereocenters. The van der Waals surface area contributed by atoms with Gasteiger partial charge in [-0.3, -0.25) is 10.0 Å². The minimum Gasteiger partial charge on any atom is -0.313 e. The summed E-state index contributed by atoms with van der Waals surface area (Å²) in [6.07, 6.45) is 8.47. The number of nitrogens with one attached hydrogen (secondary N) is 2. The maximum atomic E-state index is 10.9. The molecule has 2 heterocycles. The van der Waals surface area contributed by atoms with Crippen LogP contribution in [0.15, 0.2) is 6.20 Å². The van der Waals surface area contributed by atoms with Gasteiger partial charge >= 0.3 is 0 Å². The van der Waals surface area contributed by atoms with Crippen LogP contribution in [0.3, 0.4) is 0 Å². The van der Waals surface area contributed by atoms with E-state index in [1.54, 1.807) is 16.8 Å². The Balaban J connectivity index is 1.49. The van der Waals surface area contributed by atoms with Gasteiger partial charge in [-0.1, -0.05) is 18.0 Å². The van der Waals surface area contributed by atoms with Gasteiger partial charge in [-0.15, -0.1) is 11.3 Å². The van der Waals surface area contributed by atoms with E-state index in [0.717, 1.165) is 54.1 Å². The number of nitrogens with zero attached hydrogens (tertiary/aromatic N) is 1. The number of rotatable bonds is 8. The van der Waals surface area contributed by atoms with Crippen LogP contribution in [0.5, 0.6) is 0 Å². The fourth-order valence-electron chi connectivity index (χ4n) is 3.18. The predicted octanol–water partition coefficient (Wildman–Crippen LogP) is 3.59. The number of hydrogen-bond donors (Lipinski definition) is 3. The Morgan fingerprint density at radius 1 is 1.33 bits per heavy atom. The van der Waals surface area contributed by atoms with E-state index in [9.17, 15) is 4.79 Å². The van der Waals surface area contributed by atoms with E-state index < -0.39 is 0 Å². The van der Waals surface area contributed by atoms with Crippen LogP contribution >= 0.6 is 22.9 Å². The Hall–Kier alpha value is -1.21. The van der Waals surface area contributed by atoms with Crippen molar-refractivity contribution in [1.29, 1.82) is 0 Å². The molecule has 2 aromatic heterocycles. The second-order valence-electron chi connectivity index (χ2n) is 6.16. The lowest BCUT2D eigenvalue weighted by Gasteiger charge is -2.08. The molecule has 1 aliphatic carbocycles. The second-order valence-corrected chi connectivity index (χ2v) is 7.62. The van der Waals surface area contributed by atoms with Crippen molar-refractivity contribution >= 4 is 39.1 Å². The fourth-order valence-corrected chi connectivity index (χ4v) is 4.79. The third-order valence-electron chi connectivity index (χ3n) is 4.44. The van der Waals surface area contributed by atoms with Crippen molar-refractivity contribution in [1.82, 2.24) is 15.8 Å². The topological polar surface area (TPSA) is 74.2 Å². The van der Waals surface area contributed by atoms with E-state index in [0.29, 0.717) is 13.0 Å². The number of carbonyl (C=O) groups is 1. The number of thiophene rings is 1. The Morgan fingerprint density at radius 3 is 3.04 bits per heavy atom. The summed E-state index contributed by atoms with van der Waals surface area (Å²) in [5, 5.41) is 13.8. The van der Waals surface area contributed by atoms with Gasteiger partial charge in [-0.2, -0.15) is 0 Å².